The fraction of sp³-hybridized carbons (Fsp3) is 0.595. The van der Waals surface area contributed by atoms with Crippen LogP contribution in [-0.2, 0) is 30.2 Å². The van der Waals surface area contributed by atoms with Gasteiger partial charge in [-0.1, -0.05) is 18.9 Å². The van der Waals surface area contributed by atoms with Gasteiger partial charge in [-0.2, -0.15) is 0 Å². The number of alkyl carbamates (subject to hydrolysis) is 1. The summed E-state index contributed by atoms with van der Waals surface area (Å²) in [5, 5.41) is 17.7. The zero-order chi connectivity index (χ0) is 34.1. The molecule has 1 amide bonds. The molecule has 2 aliphatic heterocycles. The number of hydrogen-bond acceptors (Lipinski definition) is 10. The smallest absolute Gasteiger partial charge is 0.407 e. The SMILES string of the molecule is COCCOCCOC(=O)NCCCCCCC(C)(OC)O[C@H]1c2c(c3cc(OC)c(O)cc3c3cc(OC)ccc23)CN2CCC[C@@H]12. The Bertz CT molecular complexity index is 1530. The van der Waals surface area contributed by atoms with Gasteiger partial charge in [0.1, 0.15) is 18.5 Å². The van der Waals surface area contributed by atoms with Crippen molar-refractivity contribution >= 4 is 27.6 Å². The number of phenols is 1. The Morgan fingerprint density at radius 2 is 1.73 bits per heavy atom. The van der Waals surface area contributed by atoms with Crippen LogP contribution in [-0.4, -0.2) is 95.9 Å². The highest BCUT2D eigenvalue weighted by Crippen LogP contribution is 2.50. The van der Waals surface area contributed by atoms with Crippen LogP contribution < -0.4 is 14.8 Å². The number of nitrogens with zero attached hydrogens (tertiary/aromatic N) is 1. The number of unbranched alkanes of at least 4 members (excludes halogenated alkanes) is 3. The first-order valence-electron chi connectivity index (χ1n) is 17.1. The van der Waals surface area contributed by atoms with Crippen LogP contribution in [0.4, 0.5) is 4.79 Å². The van der Waals surface area contributed by atoms with Crippen molar-refractivity contribution < 1.29 is 43.1 Å². The molecule has 11 heteroatoms. The molecule has 1 saturated heterocycles. The van der Waals surface area contributed by atoms with Gasteiger partial charge in [0.15, 0.2) is 17.3 Å². The van der Waals surface area contributed by atoms with Crippen molar-refractivity contribution in [3.05, 3.63) is 41.5 Å². The molecule has 0 spiro atoms. The van der Waals surface area contributed by atoms with E-state index in [2.05, 4.69) is 16.3 Å². The maximum atomic E-state index is 11.9. The minimum atomic E-state index is -0.790. The van der Waals surface area contributed by atoms with E-state index in [4.69, 9.17) is 33.2 Å². The van der Waals surface area contributed by atoms with Gasteiger partial charge in [0.05, 0.1) is 34.0 Å². The van der Waals surface area contributed by atoms with Crippen LogP contribution in [0.5, 0.6) is 17.2 Å². The fourth-order valence-electron chi connectivity index (χ4n) is 7.12. The molecule has 3 aromatic rings. The average molecular weight is 669 g/mol. The third-order valence-corrected chi connectivity index (χ3v) is 9.71. The van der Waals surface area contributed by atoms with Crippen LogP contribution in [0, 0.1) is 0 Å². The number of aromatic hydroxyl groups is 1. The number of methoxy groups -OCH3 is 4. The lowest BCUT2D eigenvalue weighted by molar-refractivity contribution is -0.252. The van der Waals surface area contributed by atoms with Crippen molar-refractivity contribution in [1.82, 2.24) is 10.2 Å². The molecule has 3 aromatic carbocycles. The quantitative estimate of drug-likeness (QED) is 0.0890. The summed E-state index contributed by atoms with van der Waals surface area (Å²) < 4.78 is 39.8. The van der Waals surface area contributed by atoms with Gasteiger partial charge in [-0.3, -0.25) is 4.90 Å². The number of rotatable bonds is 18. The molecule has 2 N–H and O–H groups in total. The summed E-state index contributed by atoms with van der Waals surface area (Å²) in [6, 6.07) is 10.2. The number of fused-ring (bicyclic) bond motifs is 7. The van der Waals surface area contributed by atoms with E-state index >= 15 is 0 Å². The summed E-state index contributed by atoms with van der Waals surface area (Å²) in [5.41, 5.74) is 2.38. The summed E-state index contributed by atoms with van der Waals surface area (Å²) >= 11 is 0. The third kappa shape index (κ3) is 8.26. The lowest BCUT2D eigenvalue weighted by Crippen LogP contribution is -2.44. The van der Waals surface area contributed by atoms with E-state index in [1.165, 1.54) is 11.1 Å². The molecule has 1 unspecified atom stereocenters. The second-order valence-corrected chi connectivity index (χ2v) is 12.8. The van der Waals surface area contributed by atoms with E-state index in [1.54, 1.807) is 34.5 Å². The van der Waals surface area contributed by atoms with Crippen molar-refractivity contribution in [3.8, 4) is 17.2 Å². The van der Waals surface area contributed by atoms with E-state index in [-0.39, 0.29) is 24.5 Å². The van der Waals surface area contributed by atoms with Gasteiger partial charge in [-0.05, 0) is 96.1 Å². The minimum absolute atomic E-state index is 0.110. The van der Waals surface area contributed by atoms with Gasteiger partial charge < -0.3 is 43.6 Å². The molecule has 3 atom stereocenters. The maximum Gasteiger partial charge on any atom is 0.407 e. The van der Waals surface area contributed by atoms with Gasteiger partial charge in [-0.15, -0.1) is 0 Å². The molecule has 0 aromatic heterocycles. The van der Waals surface area contributed by atoms with Gasteiger partial charge in [-0.25, -0.2) is 4.79 Å². The molecule has 48 heavy (non-hydrogen) atoms. The van der Waals surface area contributed by atoms with Gasteiger partial charge >= 0.3 is 6.09 Å². The van der Waals surface area contributed by atoms with E-state index in [0.717, 1.165) is 85.3 Å². The predicted octanol–water partition coefficient (Wildman–Crippen LogP) is 6.45. The van der Waals surface area contributed by atoms with Crippen LogP contribution >= 0.6 is 0 Å². The minimum Gasteiger partial charge on any atom is -0.504 e. The average Bonchev–Trinajstić information content (AvgIpc) is 3.58. The second-order valence-electron chi connectivity index (χ2n) is 12.8. The first kappa shape index (κ1) is 35.9. The number of benzene rings is 3. The van der Waals surface area contributed by atoms with E-state index in [1.807, 2.05) is 25.1 Å². The summed E-state index contributed by atoms with van der Waals surface area (Å²) in [6.45, 7) is 5.98. The van der Waals surface area contributed by atoms with Crippen LogP contribution in [0.2, 0.25) is 0 Å². The summed E-state index contributed by atoms with van der Waals surface area (Å²) in [7, 11) is 6.59. The summed E-state index contributed by atoms with van der Waals surface area (Å²) in [5.74, 6) is 0.525. The Morgan fingerprint density at radius 3 is 2.50 bits per heavy atom. The lowest BCUT2D eigenvalue weighted by Gasteiger charge is -2.43. The molecule has 0 radical (unpaired) electrons. The zero-order valence-corrected chi connectivity index (χ0v) is 29.1. The van der Waals surface area contributed by atoms with E-state index in [9.17, 15) is 9.90 Å². The topological polar surface area (TPSA) is 117 Å². The van der Waals surface area contributed by atoms with Crippen molar-refractivity contribution in [2.24, 2.45) is 0 Å². The standard InChI is InChI=1S/C37H52N2O9/c1-37(45-5,14-8-6-7-9-15-38-36(41)47-20-19-46-18-17-42-2)48-35-31-11-10-16-39(31)24-30-29-23-33(44-4)32(40)22-28(29)27-21-25(43-3)12-13-26(27)34(30)35/h12-13,21-23,31,35,40H,6-11,14-20,24H2,1-5H3,(H,38,41)/t31-,35+,37?/m0/s1. The monoisotopic (exact) mass is 668 g/mol. The van der Waals surface area contributed by atoms with Crippen molar-refractivity contribution in [1.29, 1.82) is 0 Å². The molecule has 2 aliphatic rings. The van der Waals surface area contributed by atoms with Crippen LogP contribution in [0.3, 0.4) is 0 Å². The molecular weight excluding hydrogens is 616 g/mol. The number of hydrogen-bond donors (Lipinski definition) is 2. The van der Waals surface area contributed by atoms with Gasteiger partial charge in [0, 0.05) is 39.8 Å². The first-order chi connectivity index (χ1) is 23.3. The van der Waals surface area contributed by atoms with Crippen molar-refractivity contribution in [2.45, 2.75) is 76.3 Å². The number of phenolic OH excluding ortho intramolecular Hbond substituents is 1. The molecule has 5 rings (SSSR count). The van der Waals surface area contributed by atoms with Crippen molar-refractivity contribution in [3.63, 3.8) is 0 Å². The Kier molecular flexibility index (Phi) is 12.6. The number of nitrogens with one attached hydrogen (secondary N) is 1. The molecule has 0 saturated carbocycles. The lowest BCUT2D eigenvalue weighted by atomic mass is 9.83. The van der Waals surface area contributed by atoms with Crippen LogP contribution in [0.15, 0.2) is 30.3 Å². The number of ether oxygens (including phenoxy) is 7. The summed E-state index contributed by atoms with van der Waals surface area (Å²) in [4.78, 5) is 14.4. The van der Waals surface area contributed by atoms with Crippen molar-refractivity contribution in [2.75, 3.05) is 68.0 Å². The highest BCUT2D eigenvalue weighted by Gasteiger charge is 2.44. The number of carbonyl (C=O) groups is 1. The Balaban J connectivity index is 1.27. The fourth-order valence-corrected chi connectivity index (χ4v) is 7.12. The largest absolute Gasteiger partial charge is 0.504 e. The van der Waals surface area contributed by atoms with Crippen LogP contribution in [0.1, 0.15) is 69.1 Å². The number of carbonyl (C=O) groups excluding carboxylic acids is 1. The Labute approximate surface area is 283 Å². The molecule has 11 nitrogen and oxygen atoms in total. The second kappa shape index (κ2) is 16.8. The van der Waals surface area contributed by atoms with Gasteiger partial charge in [0.25, 0.3) is 0 Å². The molecular formula is C37H52N2O9. The third-order valence-electron chi connectivity index (χ3n) is 9.71. The molecule has 0 aliphatic carbocycles. The van der Waals surface area contributed by atoms with E-state index in [0.29, 0.717) is 32.1 Å². The highest BCUT2D eigenvalue weighted by atomic mass is 16.7. The Hall–Kier alpha value is -3.35. The molecule has 1 fully saturated rings. The van der Waals surface area contributed by atoms with Crippen LogP contribution in [0.25, 0.3) is 21.5 Å². The maximum absolute atomic E-state index is 11.9. The van der Waals surface area contributed by atoms with Gasteiger partial charge in [0.2, 0.25) is 0 Å². The molecule has 2 heterocycles. The Morgan fingerprint density at radius 1 is 0.938 bits per heavy atom. The number of amides is 1. The molecule has 0 bridgehead atoms. The summed E-state index contributed by atoms with van der Waals surface area (Å²) in [6.07, 6.45) is 6.01. The first-order valence-corrected chi connectivity index (χ1v) is 17.1. The zero-order valence-electron chi connectivity index (χ0n) is 29.1. The van der Waals surface area contributed by atoms with E-state index < -0.39 is 11.9 Å². The highest BCUT2D eigenvalue weighted by molar-refractivity contribution is 6.12. The molecule has 264 valence electrons. The predicted molar refractivity (Wildman–Crippen MR) is 184 cm³/mol. The normalized spacial score (nSPS) is 18.8.